The molecule has 4 aromatic rings. The third-order valence-corrected chi connectivity index (χ3v) is 6.13. The topological polar surface area (TPSA) is 59.6 Å². The molecule has 0 spiro atoms. The van der Waals surface area contributed by atoms with Gasteiger partial charge in [0.15, 0.2) is 5.69 Å². The van der Waals surface area contributed by atoms with Crippen LogP contribution in [0, 0.1) is 0 Å². The molecular formula is C28H25ClF3N3O2. The van der Waals surface area contributed by atoms with Gasteiger partial charge in [-0.15, -0.1) is 0 Å². The molecule has 3 aromatic carbocycles. The highest BCUT2D eigenvalue weighted by Gasteiger charge is 2.35. The van der Waals surface area contributed by atoms with E-state index in [9.17, 15) is 18.3 Å². The van der Waals surface area contributed by atoms with E-state index in [-0.39, 0.29) is 23.6 Å². The molecule has 0 radical (unpaired) electrons. The van der Waals surface area contributed by atoms with Gasteiger partial charge >= 0.3 is 6.18 Å². The largest absolute Gasteiger partial charge is 0.506 e. The molecule has 4 rings (SSSR count). The summed E-state index contributed by atoms with van der Waals surface area (Å²) in [6.07, 6.45) is -4.61. The van der Waals surface area contributed by atoms with Crippen LogP contribution >= 0.6 is 11.6 Å². The van der Waals surface area contributed by atoms with Crippen molar-refractivity contribution in [3.63, 3.8) is 0 Å². The maximum absolute atomic E-state index is 13.3. The molecule has 9 heteroatoms. The standard InChI is InChI=1S/C28H25ClF3N3O2/c1-4-33-17(2)19-7-9-20(10-8-19)26-24(37-16-18-5-11-21(29)12-6-18)14-13-22(27(26)36)23-15-25(28(30,31)32)34-35(23)3/h5-15,36H,4,16H2,1-3H3. The van der Waals surface area contributed by atoms with Crippen molar-refractivity contribution in [2.24, 2.45) is 12.0 Å². The molecule has 0 aliphatic rings. The molecule has 37 heavy (non-hydrogen) atoms. The molecule has 0 saturated heterocycles. The number of hydrogen-bond donors (Lipinski definition) is 1. The maximum Gasteiger partial charge on any atom is 0.435 e. The molecule has 0 unspecified atom stereocenters. The summed E-state index contributed by atoms with van der Waals surface area (Å²) in [5.74, 6) is 0.165. The highest BCUT2D eigenvalue weighted by atomic mass is 35.5. The number of phenolic OH excluding ortho intramolecular Hbond substituents is 1. The van der Waals surface area contributed by atoms with E-state index in [1.165, 1.54) is 13.1 Å². The number of aryl methyl sites for hydroxylation is 1. The predicted molar refractivity (Wildman–Crippen MR) is 139 cm³/mol. The molecule has 0 fully saturated rings. The van der Waals surface area contributed by atoms with E-state index in [4.69, 9.17) is 16.3 Å². The first-order valence-corrected chi connectivity index (χ1v) is 11.9. The van der Waals surface area contributed by atoms with Gasteiger partial charge in [0.2, 0.25) is 0 Å². The fourth-order valence-corrected chi connectivity index (χ4v) is 4.11. The lowest BCUT2D eigenvalue weighted by molar-refractivity contribution is -0.141. The Morgan fingerprint density at radius 3 is 2.32 bits per heavy atom. The lowest BCUT2D eigenvalue weighted by atomic mass is 9.97. The normalized spacial score (nSPS) is 12.1. The third-order valence-electron chi connectivity index (χ3n) is 5.88. The Hall–Kier alpha value is -3.78. The van der Waals surface area contributed by atoms with Gasteiger partial charge in [-0.3, -0.25) is 9.67 Å². The number of aliphatic imine (C=N–C) groups is 1. The number of alkyl halides is 3. The summed E-state index contributed by atoms with van der Waals surface area (Å²) in [7, 11) is 1.40. The Balaban J connectivity index is 1.80. The van der Waals surface area contributed by atoms with Crippen LogP contribution in [0.5, 0.6) is 11.5 Å². The molecule has 0 aliphatic heterocycles. The van der Waals surface area contributed by atoms with Gasteiger partial charge in [-0.05, 0) is 60.9 Å². The van der Waals surface area contributed by atoms with E-state index in [2.05, 4.69) is 10.1 Å². The number of phenols is 1. The van der Waals surface area contributed by atoms with Crippen molar-refractivity contribution >= 4 is 17.3 Å². The van der Waals surface area contributed by atoms with Crippen molar-refractivity contribution < 1.29 is 23.0 Å². The molecule has 5 nitrogen and oxygen atoms in total. The zero-order valence-electron chi connectivity index (χ0n) is 20.5. The van der Waals surface area contributed by atoms with Gasteiger partial charge in [0.25, 0.3) is 0 Å². The second-order valence-electron chi connectivity index (χ2n) is 8.42. The number of rotatable bonds is 7. The number of halogens is 4. The molecule has 1 heterocycles. The van der Waals surface area contributed by atoms with Gasteiger partial charge in [0.05, 0.1) is 11.3 Å². The number of aromatic nitrogens is 2. The van der Waals surface area contributed by atoms with Crippen LogP contribution in [-0.4, -0.2) is 27.1 Å². The van der Waals surface area contributed by atoms with E-state index in [1.807, 2.05) is 50.2 Å². The highest BCUT2D eigenvalue weighted by molar-refractivity contribution is 6.30. The van der Waals surface area contributed by atoms with Crippen molar-refractivity contribution in [1.29, 1.82) is 0 Å². The second-order valence-corrected chi connectivity index (χ2v) is 8.86. The van der Waals surface area contributed by atoms with Gasteiger partial charge in [-0.25, -0.2) is 0 Å². The summed E-state index contributed by atoms with van der Waals surface area (Å²) < 4.78 is 47.0. The number of nitrogens with zero attached hydrogens (tertiary/aromatic N) is 3. The van der Waals surface area contributed by atoms with Crippen molar-refractivity contribution in [1.82, 2.24) is 9.78 Å². The number of hydrogen-bond acceptors (Lipinski definition) is 4. The minimum Gasteiger partial charge on any atom is -0.506 e. The van der Waals surface area contributed by atoms with Crippen LogP contribution < -0.4 is 4.74 Å². The first-order valence-electron chi connectivity index (χ1n) is 11.5. The molecule has 0 atom stereocenters. The molecule has 0 saturated carbocycles. The van der Waals surface area contributed by atoms with Gasteiger partial charge in [-0.2, -0.15) is 18.3 Å². The minimum atomic E-state index is -4.61. The second kappa shape index (κ2) is 10.7. The number of benzene rings is 3. The summed E-state index contributed by atoms with van der Waals surface area (Å²) >= 11 is 5.97. The van der Waals surface area contributed by atoms with Crippen LogP contribution in [0.1, 0.15) is 30.7 Å². The van der Waals surface area contributed by atoms with E-state index in [0.29, 0.717) is 28.4 Å². The fourth-order valence-electron chi connectivity index (χ4n) is 3.98. The van der Waals surface area contributed by atoms with E-state index in [0.717, 1.165) is 27.6 Å². The Morgan fingerprint density at radius 1 is 1.05 bits per heavy atom. The maximum atomic E-state index is 13.3. The molecule has 0 bridgehead atoms. The highest BCUT2D eigenvalue weighted by Crippen LogP contribution is 2.45. The van der Waals surface area contributed by atoms with Crippen LogP contribution in [-0.2, 0) is 19.8 Å². The summed E-state index contributed by atoms with van der Waals surface area (Å²) in [4.78, 5) is 4.42. The zero-order valence-corrected chi connectivity index (χ0v) is 21.2. The molecule has 1 aromatic heterocycles. The number of aromatic hydroxyl groups is 1. The lowest BCUT2D eigenvalue weighted by Gasteiger charge is -2.17. The van der Waals surface area contributed by atoms with Crippen molar-refractivity contribution in [3.05, 3.63) is 88.6 Å². The van der Waals surface area contributed by atoms with Crippen LogP contribution in [0.25, 0.3) is 22.4 Å². The van der Waals surface area contributed by atoms with Crippen molar-refractivity contribution in [2.45, 2.75) is 26.6 Å². The van der Waals surface area contributed by atoms with Gasteiger partial charge in [-0.1, -0.05) is 48.0 Å². The van der Waals surface area contributed by atoms with Gasteiger partial charge < -0.3 is 9.84 Å². The molecule has 192 valence electrons. The van der Waals surface area contributed by atoms with Gasteiger partial charge in [0.1, 0.15) is 18.1 Å². The Labute approximate surface area is 217 Å². The number of ether oxygens (including phenoxy) is 1. The monoisotopic (exact) mass is 527 g/mol. The van der Waals surface area contributed by atoms with Crippen molar-refractivity contribution in [2.75, 3.05) is 6.54 Å². The molecule has 1 N–H and O–H groups in total. The first-order chi connectivity index (χ1) is 17.6. The summed E-state index contributed by atoms with van der Waals surface area (Å²) in [6, 6.07) is 18.6. The Bertz CT molecular complexity index is 1430. The quantitative estimate of drug-likeness (QED) is 0.253. The fraction of sp³-hybridized carbons (Fsp3) is 0.214. The Kier molecular flexibility index (Phi) is 7.59. The lowest BCUT2D eigenvalue weighted by Crippen LogP contribution is -2.06. The zero-order chi connectivity index (χ0) is 26.7. The van der Waals surface area contributed by atoms with Crippen molar-refractivity contribution in [3.8, 4) is 33.9 Å². The van der Waals surface area contributed by atoms with Crippen LogP contribution in [0.4, 0.5) is 13.2 Å². The summed E-state index contributed by atoms with van der Waals surface area (Å²) in [6.45, 7) is 4.73. The third kappa shape index (κ3) is 5.80. The van der Waals surface area contributed by atoms with Crippen LogP contribution in [0.3, 0.4) is 0 Å². The van der Waals surface area contributed by atoms with E-state index >= 15 is 0 Å². The van der Waals surface area contributed by atoms with Crippen LogP contribution in [0.2, 0.25) is 5.02 Å². The average Bonchev–Trinajstić information content (AvgIpc) is 3.26. The smallest absolute Gasteiger partial charge is 0.435 e. The minimum absolute atomic E-state index is 0.123. The molecule has 0 amide bonds. The van der Waals surface area contributed by atoms with Gasteiger partial charge in [0, 0.05) is 29.9 Å². The molecular weight excluding hydrogens is 503 g/mol. The average molecular weight is 528 g/mol. The SMILES string of the molecule is CCN=C(C)c1ccc(-c2c(OCc3ccc(Cl)cc3)ccc(-c3cc(C(F)(F)F)nn3C)c2O)cc1. The molecule has 0 aliphatic carbocycles. The first kappa shape index (κ1) is 26.3. The predicted octanol–water partition coefficient (Wildman–Crippen LogP) is 7.54. The van der Waals surface area contributed by atoms with Crippen LogP contribution in [0.15, 0.2) is 71.7 Å². The summed E-state index contributed by atoms with van der Waals surface area (Å²) in [5, 5.41) is 15.5. The summed E-state index contributed by atoms with van der Waals surface area (Å²) in [5.41, 5.74) is 2.94. The van der Waals surface area contributed by atoms with E-state index in [1.54, 1.807) is 18.2 Å². The van der Waals surface area contributed by atoms with E-state index < -0.39 is 11.9 Å². The Morgan fingerprint density at radius 2 is 1.73 bits per heavy atom.